The van der Waals surface area contributed by atoms with E-state index in [1.54, 1.807) is 0 Å². The van der Waals surface area contributed by atoms with E-state index in [2.05, 4.69) is 54.9 Å². The van der Waals surface area contributed by atoms with Crippen molar-refractivity contribution in [2.24, 2.45) is 0 Å². The molecule has 0 nitrogen and oxygen atoms in total. The van der Waals surface area contributed by atoms with Gasteiger partial charge < -0.3 is 0 Å². The molecule has 0 spiro atoms. The Morgan fingerprint density at radius 1 is 1.13 bits per heavy atom. The monoisotopic (exact) mass is 212 g/mol. The summed E-state index contributed by atoms with van der Waals surface area (Å²) in [6.07, 6.45) is 2.34. The number of hydrogen-bond donors (Lipinski definition) is 0. The number of allylic oxidation sites excluding steroid dienone is 1. The van der Waals surface area contributed by atoms with Crippen LogP contribution in [0.3, 0.4) is 0 Å². The molecule has 1 aromatic heterocycles. The lowest BCUT2D eigenvalue weighted by atomic mass is 9.95. The smallest absolute Gasteiger partial charge is 0.00732 e. The Balaban J connectivity index is 2.11. The molecule has 0 radical (unpaired) electrons. The molecule has 1 heterocycles. The summed E-state index contributed by atoms with van der Waals surface area (Å²) in [6.45, 7) is 2.30. The summed E-state index contributed by atoms with van der Waals surface area (Å²) < 4.78 is 0. The van der Waals surface area contributed by atoms with Crippen LogP contribution in [0.15, 0.2) is 41.9 Å². The van der Waals surface area contributed by atoms with Crippen molar-refractivity contribution in [3.8, 4) is 0 Å². The van der Waals surface area contributed by atoms with Crippen molar-refractivity contribution < 1.29 is 0 Å². The lowest BCUT2D eigenvalue weighted by molar-refractivity contribution is 1.01. The molecule has 1 aromatic carbocycles. The quantitative estimate of drug-likeness (QED) is 0.658. The van der Waals surface area contributed by atoms with Gasteiger partial charge in [-0.2, -0.15) is 0 Å². The summed E-state index contributed by atoms with van der Waals surface area (Å²) >= 11 is 0. The summed E-state index contributed by atoms with van der Waals surface area (Å²) in [5.41, 5.74) is 5.77. The molecule has 0 bridgehead atoms. The number of hydrogen-bond acceptors (Lipinski definition) is 0. The highest BCUT2D eigenvalue weighted by Crippen LogP contribution is 2.42. The molecule has 0 saturated carbocycles. The van der Waals surface area contributed by atoms with Crippen LogP contribution in [0.25, 0.3) is 11.6 Å². The Morgan fingerprint density at radius 3 is 2.73 bits per heavy atom. The van der Waals surface area contributed by atoms with Gasteiger partial charge in [0.05, 0.1) is 0 Å². The van der Waals surface area contributed by atoms with E-state index >= 15 is 0 Å². The summed E-state index contributed by atoms with van der Waals surface area (Å²) in [5, 5.41) is 0. The zero-order chi connectivity index (χ0) is 10.3. The van der Waals surface area contributed by atoms with Gasteiger partial charge in [0.25, 0.3) is 0 Å². The normalized spacial score (nSPS) is 19.3. The molecular weight excluding hydrogens is 199 g/mol. The molecule has 0 aliphatic heterocycles. The first-order valence-electron chi connectivity index (χ1n) is 5.30. The van der Waals surface area contributed by atoms with Crippen molar-refractivity contribution in [2.45, 2.75) is 12.8 Å². The third-order valence-electron chi connectivity index (χ3n) is 3.17. The molecule has 1 heteroatoms. The SMILES string of the molecule is CC1C(c2cc[pH]c2)=Cc2ccccc21. The van der Waals surface area contributed by atoms with Crippen molar-refractivity contribution in [3.05, 3.63) is 58.6 Å². The molecule has 2 atom stereocenters. The van der Waals surface area contributed by atoms with Gasteiger partial charge in [-0.15, -0.1) is 8.19 Å². The van der Waals surface area contributed by atoms with Crippen molar-refractivity contribution in [2.75, 3.05) is 0 Å². The van der Waals surface area contributed by atoms with Crippen molar-refractivity contribution in [3.63, 3.8) is 0 Å². The van der Waals surface area contributed by atoms with Crippen molar-refractivity contribution >= 4 is 19.8 Å². The van der Waals surface area contributed by atoms with Crippen LogP contribution >= 0.6 is 8.19 Å². The molecule has 2 aromatic rings. The van der Waals surface area contributed by atoms with Crippen LogP contribution in [0.1, 0.15) is 29.5 Å². The Bertz CT molecular complexity index is 506. The predicted molar refractivity (Wildman–Crippen MR) is 68.7 cm³/mol. The number of fused-ring (bicyclic) bond motifs is 1. The maximum absolute atomic E-state index is 2.34. The van der Waals surface area contributed by atoms with E-state index in [9.17, 15) is 0 Å². The van der Waals surface area contributed by atoms with E-state index in [0.717, 1.165) is 8.19 Å². The summed E-state index contributed by atoms with van der Waals surface area (Å²) in [6, 6.07) is 11.0. The van der Waals surface area contributed by atoms with Crippen LogP contribution in [-0.2, 0) is 0 Å². The molecule has 2 unspecified atom stereocenters. The molecular formula is C14H13P. The maximum atomic E-state index is 2.34. The molecule has 1 aliphatic rings. The molecule has 0 amide bonds. The fourth-order valence-corrected chi connectivity index (χ4v) is 3.15. The van der Waals surface area contributed by atoms with Crippen LogP contribution in [-0.4, -0.2) is 0 Å². The summed E-state index contributed by atoms with van der Waals surface area (Å²) in [4.78, 5) is 0. The predicted octanol–water partition coefficient (Wildman–Crippen LogP) is 4.38. The maximum Gasteiger partial charge on any atom is 0.00732 e. The third kappa shape index (κ3) is 1.37. The number of rotatable bonds is 1. The Hall–Kier alpha value is -1.26. The molecule has 15 heavy (non-hydrogen) atoms. The molecule has 74 valence electrons. The largest absolute Gasteiger partial charge is 0.139 e. The minimum atomic E-state index is 0.556. The van der Waals surface area contributed by atoms with Crippen LogP contribution in [0, 0.1) is 0 Å². The second-order valence-corrected chi connectivity index (χ2v) is 5.01. The van der Waals surface area contributed by atoms with Gasteiger partial charge in [0, 0.05) is 5.92 Å². The first kappa shape index (κ1) is 9.00. The second-order valence-electron chi connectivity index (χ2n) is 4.05. The topological polar surface area (TPSA) is 0 Å². The van der Waals surface area contributed by atoms with E-state index in [0.29, 0.717) is 5.92 Å². The van der Waals surface area contributed by atoms with Gasteiger partial charge in [-0.05, 0) is 33.9 Å². The second kappa shape index (κ2) is 3.40. The average Bonchev–Trinajstić information content (AvgIpc) is 2.87. The highest BCUT2D eigenvalue weighted by atomic mass is 31.0. The Morgan fingerprint density at radius 2 is 2.00 bits per heavy atom. The van der Waals surface area contributed by atoms with E-state index in [4.69, 9.17) is 0 Å². The fourth-order valence-electron chi connectivity index (χ4n) is 2.33. The molecule has 0 saturated heterocycles. The minimum Gasteiger partial charge on any atom is -0.139 e. The van der Waals surface area contributed by atoms with Crippen LogP contribution < -0.4 is 0 Å². The molecule has 1 aliphatic carbocycles. The fraction of sp³-hybridized carbons (Fsp3) is 0.143. The van der Waals surface area contributed by atoms with Crippen LogP contribution in [0.5, 0.6) is 0 Å². The Kier molecular flexibility index (Phi) is 2.04. The zero-order valence-corrected chi connectivity index (χ0v) is 9.70. The highest BCUT2D eigenvalue weighted by molar-refractivity contribution is 7.28. The third-order valence-corrected chi connectivity index (χ3v) is 4.01. The van der Waals surface area contributed by atoms with Gasteiger partial charge in [0.15, 0.2) is 0 Å². The molecule has 0 N–H and O–H groups in total. The Labute approximate surface area is 91.7 Å². The molecule has 0 fully saturated rings. The molecule has 3 rings (SSSR count). The highest BCUT2D eigenvalue weighted by Gasteiger charge is 2.21. The van der Waals surface area contributed by atoms with Crippen molar-refractivity contribution in [1.29, 1.82) is 0 Å². The van der Waals surface area contributed by atoms with Gasteiger partial charge in [0.1, 0.15) is 0 Å². The minimum absolute atomic E-state index is 0.556. The number of benzene rings is 1. The first-order valence-corrected chi connectivity index (χ1v) is 6.45. The summed E-state index contributed by atoms with van der Waals surface area (Å²) in [5.74, 6) is 5.15. The van der Waals surface area contributed by atoms with Crippen molar-refractivity contribution in [1.82, 2.24) is 0 Å². The lowest BCUT2D eigenvalue weighted by Gasteiger charge is -2.09. The van der Waals surface area contributed by atoms with E-state index in [1.165, 1.54) is 22.3 Å². The van der Waals surface area contributed by atoms with Gasteiger partial charge in [-0.3, -0.25) is 0 Å². The lowest BCUT2D eigenvalue weighted by Crippen LogP contribution is -1.91. The van der Waals surface area contributed by atoms with Gasteiger partial charge in [-0.25, -0.2) is 0 Å². The first-order chi connectivity index (χ1) is 7.36. The van der Waals surface area contributed by atoms with Gasteiger partial charge in [0.2, 0.25) is 0 Å². The van der Waals surface area contributed by atoms with Crippen LogP contribution in [0.4, 0.5) is 0 Å². The van der Waals surface area contributed by atoms with Gasteiger partial charge >= 0.3 is 0 Å². The zero-order valence-electron chi connectivity index (χ0n) is 8.70. The van der Waals surface area contributed by atoms with E-state index in [-0.39, 0.29) is 0 Å². The van der Waals surface area contributed by atoms with E-state index in [1.807, 2.05) is 0 Å². The van der Waals surface area contributed by atoms with Crippen LogP contribution in [0.2, 0.25) is 0 Å². The van der Waals surface area contributed by atoms with Gasteiger partial charge in [-0.1, -0.05) is 43.3 Å². The summed E-state index contributed by atoms with van der Waals surface area (Å²) in [7, 11) is 0.869. The average molecular weight is 212 g/mol. The van der Waals surface area contributed by atoms with E-state index < -0.39 is 0 Å². The standard InChI is InChI=1S/C14H13P/c1-10-13-5-3-2-4-11(13)8-14(10)12-6-7-15-9-12/h2-10,15H,1H3.